The summed E-state index contributed by atoms with van der Waals surface area (Å²) in [5, 5.41) is 21.3. The van der Waals surface area contributed by atoms with Crippen LogP contribution in [-0.2, 0) is 4.74 Å². The second-order valence-corrected chi connectivity index (χ2v) is 7.35. The number of aryl methyl sites for hydroxylation is 1. The number of carbonyl (C=O) groups excluding carboxylic acids is 1. The number of aliphatic hydroxyl groups is 2. The zero-order valence-electron chi connectivity index (χ0n) is 16.6. The van der Waals surface area contributed by atoms with Gasteiger partial charge in [0.25, 0.3) is 0 Å². The van der Waals surface area contributed by atoms with Gasteiger partial charge in [-0.3, -0.25) is 5.32 Å². The lowest BCUT2D eigenvalue weighted by molar-refractivity contribution is 0.0133. The lowest BCUT2D eigenvalue weighted by atomic mass is 9.79. The van der Waals surface area contributed by atoms with Gasteiger partial charge in [0.1, 0.15) is 18.5 Å². The van der Waals surface area contributed by atoms with E-state index in [1.165, 1.54) is 0 Å². The van der Waals surface area contributed by atoms with E-state index < -0.39 is 17.6 Å². The number of carbonyl (C=O) groups is 1. The summed E-state index contributed by atoms with van der Waals surface area (Å²) >= 11 is 0. The molecule has 0 bridgehead atoms. The maximum absolute atomic E-state index is 12.6. The van der Waals surface area contributed by atoms with Crippen molar-refractivity contribution in [2.24, 2.45) is 5.41 Å². The molecular weight excluding hydrogens is 358 g/mol. The molecule has 152 valence electrons. The van der Waals surface area contributed by atoms with Gasteiger partial charge in [0, 0.05) is 23.3 Å². The predicted octanol–water partition coefficient (Wildman–Crippen LogP) is 4.06. The molecular formula is C22H29NO5. The predicted molar refractivity (Wildman–Crippen MR) is 109 cm³/mol. The molecule has 2 aromatic rings. The van der Waals surface area contributed by atoms with Crippen LogP contribution >= 0.6 is 0 Å². The highest BCUT2D eigenvalue weighted by molar-refractivity contribution is 5.84. The summed E-state index contributed by atoms with van der Waals surface area (Å²) in [5.41, 5.74) is 1.88. The SMILES string of the molecule is Cc1ccc(NC(=O)O[C@H](c2ccccc2OCCO)C(C)(C)CCO)cc1. The van der Waals surface area contributed by atoms with Gasteiger partial charge in [0.05, 0.1) is 6.61 Å². The first-order chi connectivity index (χ1) is 13.4. The van der Waals surface area contributed by atoms with Crippen molar-refractivity contribution in [1.29, 1.82) is 0 Å². The van der Waals surface area contributed by atoms with Gasteiger partial charge >= 0.3 is 6.09 Å². The van der Waals surface area contributed by atoms with E-state index in [0.717, 1.165) is 5.56 Å². The Balaban J connectivity index is 2.27. The Labute approximate surface area is 166 Å². The number of amides is 1. The fraction of sp³-hybridized carbons (Fsp3) is 0.409. The van der Waals surface area contributed by atoms with Gasteiger partial charge in [-0.15, -0.1) is 0 Å². The van der Waals surface area contributed by atoms with Crippen LogP contribution < -0.4 is 10.1 Å². The number of nitrogens with one attached hydrogen (secondary N) is 1. The second kappa shape index (κ2) is 10.1. The van der Waals surface area contributed by atoms with Crippen LogP contribution in [0.1, 0.15) is 37.5 Å². The van der Waals surface area contributed by atoms with Gasteiger partial charge < -0.3 is 19.7 Å². The smallest absolute Gasteiger partial charge is 0.412 e. The minimum Gasteiger partial charge on any atom is -0.491 e. The molecule has 0 saturated heterocycles. The van der Waals surface area contributed by atoms with Crippen LogP contribution in [0.5, 0.6) is 5.75 Å². The molecule has 0 unspecified atom stereocenters. The normalized spacial score (nSPS) is 12.3. The number of anilines is 1. The van der Waals surface area contributed by atoms with Crippen LogP contribution in [0.25, 0.3) is 0 Å². The van der Waals surface area contributed by atoms with Gasteiger partial charge in [-0.2, -0.15) is 0 Å². The fourth-order valence-corrected chi connectivity index (χ4v) is 2.94. The Hall–Kier alpha value is -2.57. The molecule has 1 atom stereocenters. The number of benzene rings is 2. The van der Waals surface area contributed by atoms with Gasteiger partial charge in [0.2, 0.25) is 0 Å². The molecule has 0 heterocycles. The summed E-state index contributed by atoms with van der Waals surface area (Å²) < 4.78 is 11.4. The van der Waals surface area contributed by atoms with Crippen LogP contribution in [0.15, 0.2) is 48.5 Å². The highest BCUT2D eigenvalue weighted by atomic mass is 16.6. The van der Waals surface area contributed by atoms with Crippen molar-refractivity contribution in [3.05, 3.63) is 59.7 Å². The minimum atomic E-state index is -0.653. The summed E-state index contributed by atoms with van der Waals surface area (Å²) in [5.74, 6) is 0.538. The number of ether oxygens (including phenoxy) is 2. The third-order valence-electron chi connectivity index (χ3n) is 4.54. The molecule has 0 radical (unpaired) electrons. The number of aliphatic hydroxyl groups excluding tert-OH is 2. The maximum Gasteiger partial charge on any atom is 0.412 e. The highest BCUT2D eigenvalue weighted by Gasteiger charge is 2.35. The molecule has 0 saturated carbocycles. The summed E-state index contributed by atoms with van der Waals surface area (Å²) in [6, 6.07) is 14.7. The average Bonchev–Trinajstić information content (AvgIpc) is 2.66. The van der Waals surface area contributed by atoms with Crippen molar-refractivity contribution < 1.29 is 24.5 Å². The molecule has 0 aliphatic carbocycles. The van der Waals surface area contributed by atoms with Crippen molar-refractivity contribution in [3.8, 4) is 5.75 Å². The molecule has 28 heavy (non-hydrogen) atoms. The summed E-state index contributed by atoms with van der Waals surface area (Å²) in [4.78, 5) is 12.6. The van der Waals surface area contributed by atoms with Crippen molar-refractivity contribution in [2.75, 3.05) is 25.1 Å². The van der Waals surface area contributed by atoms with Crippen molar-refractivity contribution in [3.63, 3.8) is 0 Å². The topological polar surface area (TPSA) is 88.0 Å². The first-order valence-corrected chi connectivity index (χ1v) is 9.35. The van der Waals surface area contributed by atoms with Crippen LogP contribution in [0.4, 0.5) is 10.5 Å². The molecule has 6 heteroatoms. The first-order valence-electron chi connectivity index (χ1n) is 9.35. The Kier molecular flexibility index (Phi) is 7.84. The van der Waals surface area contributed by atoms with Crippen LogP contribution in [-0.4, -0.2) is 36.1 Å². The number of rotatable bonds is 9. The van der Waals surface area contributed by atoms with Crippen molar-refractivity contribution in [1.82, 2.24) is 0 Å². The molecule has 0 fully saturated rings. The standard InChI is InChI=1S/C22H29NO5/c1-16-8-10-17(11-9-16)23-21(26)28-20(22(2,3)12-13-24)18-6-4-5-7-19(18)27-15-14-25/h4-11,20,24-25H,12-15H2,1-3H3,(H,23,26)/t20-/m1/s1. The lowest BCUT2D eigenvalue weighted by Gasteiger charge is -2.34. The van der Waals surface area contributed by atoms with Crippen LogP contribution in [0.2, 0.25) is 0 Å². The molecule has 2 rings (SSSR count). The van der Waals surface area contributed by atoms with E-state index in [9.17, 15) is 9.90 Å². The quantitative estimate of drug-likeness (QED) is 0.604. The van der Waals surface area contributed by atoms with E-state index in [0.29, 0.717) is 23.4 Å². The highest BCUT2D eigenvalue weighted by Crippen LogP contribution is 2.43. The third kappa shape index (κ3) is 5.97. The maximum atomic E-state index is 12.6. The van der Waals surface area contributed by atoms with E-state index in [1.807, 2.05) is 63.2 Å². The zero-order valence-corrected chi connectivity index (χ0v) is 16.6. The lowest BCUT2D eigenvalue weighted by Crippen LogP contribution is -2.30. The summed E-state index contributed by atoms with van der Waals surface area (Å²) in [6.45, 7) is 5.81. The van der Waals surface area contributed by atoms with E-state index in [4.69, 9.17) is 14.6 Å². The first kappa shape index (κ1) is 21.7. The molecule has 2 aromatic carbocycles. The molecule has 6 nitrogen and oxygen atoms in total. The van der Waals surface area contributed by atoms with Gasteiger partial charge in [-0.25, -0.2) is 4.79 Å². The Morgan fingerprint density at radius 1 is 1.07 bits per heavy atom. The minimum absolute atomic E-state index is 0.0356. The van der Waals surface area contributed by atoms with Crippen molar-refractivity contribution >= 4 is 11.8 Å². The Bertz CT molecular complexity index is 758. The second-order valence-electron chi connectivity index (χ2n) is 7.35. The number of para-hydroxylation sites is 1. The molecule has 0 aliphatic rings. The molecule has 0 aliphatic heterocycles. The zero-order chi connectivity index (χ0) is 20.6. The van der Waals surface area contributed by atoms with E-state index in [2.05, 4.69) is 5.32 Å². The monoisotopic (exact) mass is 387 g/mol. The summed E-state index contributed by atoms with van der Waals surface area (Å²) in [7, 11) is 0. The van der Waals surface area contributed by atoms with Gasteiger partial charge in [-0.05, 0) is 31.5 Å². The van der Waals surface area contributed by atoms with E-state index in [1.54, 1.807) is 6.07 Å². The number of hydrogen-bond acceptors (Lipinski definition) is 5. The van der Waals surface area contributed by atoms with E-state index in [-0.39, 0.29) is 19.8 Å². The number of hydrogen-bond donors (Lipinski definition) is 3. The van der Waals surface area contributed by atoms with Gasteiger partial charge in [0.15, 0.2) is 0 Å². The largest absolute Gasteiger partial charge is 0.491 e. The van der Waals surface area contributed by atoms with Crippen molar-refractivity contribution in [2.45, 2.75) is 33.3 Å². The Morgan fingerprint density at radius 2 is 1.75 bits per heavy atom. The van der Waals surface area contributed by atoms with Gasteiger partial charge in [-0.1, -0.05) is 49.7 Å². The van der Waals surface area contributed by atoms with Crippen LogP contribution in [0.3, 0.4) is 0 Å². The van der Waals surface area contributed by atoms with Crippen LogP contribution in [0, 0.1) is 12.3 Å². The summed E-state index contributed by atoms with van der Waals surface area (Å²) in [6.07, 6.45) is -0.805. The molecule has 0 aromatic heterocycles. The third-order valence-corrected chi connectivity index (χ3v) is 4.54. The fourth-order valence-electron chi connectivity index (χ4n) is 2.94. The molecule has 1 amide bonds. The average molecular weight is 387 g/mol. The molecule has 0 spiro atoms. The Morgan fingerprint density at radius 3 is 2.39 bits per heavy atom. The molecule has 3 N–H and O–H groups in total. The van der Waals surface area contributed by atoms with E-state index >= 15 is 0 Å².